The number of esters is 2. The fraction of sp³-hybridized carbons (Fsp3) is 0.360. The Morgan fingerprint density at radius 3 is 2.33 bits per heavy atom. The van der Waals surface area contributed by atoms with Gasteiger partial charge in [0, 0.05) is 25.0 Å². The lowest BCUT2D eigenvalue weighted by Gasteiger charge is -2.22. The number of likely N-dealkylation sites (tertiary alicyclic amines) is 1. The minimum Gasteiger partial charge on any atom is -0.456 e. The number of hydrogen-bond donors (Lipinski definition) is 1. The number of ketones is 1. The highest BCUT2D eigenvalue weighted by Crippen LogP contribution is 2.23. The van der Waals surface area contributed by atoms with Crippen molar-refractivity contribution in [3.63, 3.8) is 0 Å². The molecule has 2 atom stereocenters. The summed E-state index contributed by atoms with van der Waals surface area (Å²) >= 11 is 0. The molecule has 11 nitrogen and oxygen atoms in total. The maximum absolute atomic E-state index is 13.0. The van der Waals surface area contributed by atoms with Gasteiger partial charge in [-0.2, -0.15) is 0 Å². The van der Waals surface area contributed by atoms with Crippen LogP contribution in [0.15, 0.2) is 48.5 Å². The summed E-state index contributed by atoms with van der Waals surface area (Å²) in [6.07, 6.45) is -2.27. The smallest absolute Gasteiger partial charge is 0.418 e. The van der Waals surface area contributed by atoms with Crippen molar-refractivity contribution in [1.29, 1.82) is 0 Å². The van der Waals surface area contributed by atoms with Crippen LogP contribution in [0, 0.1) is 10.1 Å². The number of non-ortho nitro benzene ring substituents is 1. The molecule has 0 aromatic heterocycles. The molecular formula is C25H26N2O9. The van der Waals surface area contributed by atoms with E-state index in [0.717, 1.165) is 29.2 Å². The van der Waals surface area contributed by atoms with Gasteiger partial charge in [-0.05, 0) is 50.6 Å². The number of hydrogen-bond acceptors (Lipinski definition) is 9. The van der Waals surface area contributed by atoms with Crippen LogP contribution in [0.4, 0.5) is 10.5 Å². The van der Waals surface area contributed by atoms with Gasteiger partial charge in [-0.1, -0.05) is 12.1 Å². The average molecular weight is 498 g/mol. The van der Waals surface area contributed by atoms with Crippen LogP contribution >= 0.6 is 0 Å². The van der Waals surface area contributed by atoms with E-state index in [9.17, 15) is 34.4 Å². The van der Waals surface area contributed by atoms with E-state index in [1.54, 1.807) is 39.0 Å². The van der Waals surface area contributed by atoms with E-state index in [1.165, 1.54) is 6.07 Å². The molecule has 1 N–H and O–H groups in total. The predicted molar refractivity (Wildman–Crippen MR) is 125 cm³/mol. The number of carbonyl (C=O) groups is 4. The molecule has 1 saturated heterocycles. The Balaban J connectivity index is 1.68. The minimum atomic E-state index is -1.12. The summed E-state index contributed by atoms with van der Waals surface area (Å²) in [5, 5.41) is 20.8. The lowest BCUT2D eigenvalue weighted by molar-refractivity contribution is -0.384. The second kappa shape index (κ2) is 10.6. The van der Waals surface area contributed by atoms with E-state index < -0.39 is 46.5 Å². The number of nitro groups is 1. The van der Waals surface area contributed by atoms with Crippen molar-refractivity contribution in [1.82, 2.24) is 4.90 Å². The van der Waals surface area contributed by atoms with Crippen molar-refractivity contribution in [2.75, 3.05) is 6.54 Å². The van der Waals surface area contributed by atoms with Gasteiger partial charge in [-0.15, -0.1) is 0 Å². The van der Waals surface area contributed by atoms with Crippen molar-refractivity contribution in [2.24, 2.45) is 0 Å². The standard InChI is InChI=1S/C25H26N2O9/c1-25(2,3)36-23(31)17-6-4-5-15(11-17)12-21(29)20-13-19(28)14-26(20)24(32)35-22(30)16-7-9-18(10-8-16)27(33)34/h4-11,19-20,28H,12-14H2,1-3H3/t19?,20-/m0/s1. The maximum atomic E-state index is 13.0. The van der Waals surface area contributed by atoms with Gasteiger partial charge in [0.2, 0.25) is 0 Å². The number of rotatable bonds is 6. The molecule has 0 bridgehead atoms. The summed E-state index contributed by atoms with van der Waals surface area (Å²) in [6.45, 7) is 5.01. The number of carbonyl (C=O) groups excluding carboxylic acids is 4. The Morgan fingerprint density at radius 1 is 1.06 bits per heavy atom. The molecule has 0 aliphatic carbocycles. The summed E-state index contributed by atoms with van der Waals surface area (Å²) in [4.78, 5) is 61.4. The average Bonchev–Trinajstić information content (AvgIpc) is 3.20. The molecule has 11 heteroatoms. The van der Waals surface area contributed by atoms with Crippen molar-refractivity contribution in [3.05, 3.63) is 75.3 Å². The van der Waals surface area contributed by atoms with Gasteiger partial charge in [0.25, 0.3) is 5.69 Å². The molecule has 2 aromatic rings. The normalized spacial score (nSPS) is 17.4. The number of Topliss-reactive ketones (excluding diaryl/α,β-unsaturated/α-hetero) is 1. The molecule has 1 fully saturated rings. The first kappa shape index (κ1) is 26.5. The quantitative estimate of drug-likeness (QED) is 0.274. The largest absolute Gasteiger partial charge is 0.456 e. The molecule has 3 rings (SSSR count). The lowest BCUT2D eigenvalue weighted by atomic mass is 10.00. The second-order valence-electron chi connectivity index (χ2n) is 9.36. The number of nitrogens with zero attached hydrogens (tertiary/aromatic N) is 2. The molecule has 2 aromatic carbocycles. The van der Waals surface area contributed by atoms with Crippen LogP contribution in [0.25, 0.3) is 0 Å². The van der Waals surface area contributed by atoms with Crippen molar-refractivity contribution in [3.8, 4) is 0 Å². The minimum absolute atomic E-state index is 0.0363. The highest BCUT2D eigenvalue weighted by Gasteiger charge is 2.40. The zero-order valence-corrected chi connectivity index (χ0v) is 20.0. The van der Waals surface area contributed by atoms with E-state index in [0.29, 0.717) is 5.56 Å². The van der Waals surface area contributed by atoms with Gasteiger partial charge in [0.05, 0.1) is 34.7 Å². The van der Waals surface area contributed by atoms with E-state index >= 15 is 0 Å². The predicted octanol–water partition coefficient (Wildman–Crippen LogP) is 3.07. The van der Waals surface area contributed by atoms with Crippen LogP contribution < -0.4 is 0 Å². The van der Waals surface area contributed by atoms with E-state index in [-0.39, 0.29) is 36.2 Å². The van der Waals surface area contributed by atoms with Gasteiger partial charge in [-0.3, -0.25) is 19.8 Å². The third-order valence-electron chi connectivity index (χ3n) is 5.32. The van der Waals surface area contributed by atoms with Crippen molar-refractivity contribution in [2.45, 2.75) is 51.4 Å². The molecule has 0 saturated carbocycles. The Kier molecular flexibility index (Phi) is 7.83. The summed E-state index contributed by atoms with van der Waals surface area (Å²) in [7, 11) is 0. The van der Waals surface area contributed by atoms with Crippen LogP contribution in [-0.2, 0) is 20.7 Å². The number of benzene rings is 2. The Bertz CT molecular complexity index is 1180. The highest BCUT2D eigenvalue weighted by molar-refractivity contribution is 5.98. The van der Waals surface area contributed by atoms with E-state index in [1.807, 2.05) is 0 Å². The number of nitro benzene ring substituents is 1. The monoisotopic (exact) mass is 498 g/mol. The molecule has 1 aliphatic heterocycles. The van der Waals surface area contributed by atoms with Gasteiger partial charge in [0.15, 0.2) is 5.78 Å². The van der Waals surface area contributed by atoms with E-state index in [2.05, 4.69) is 0 Å². The fourth-order valence-corrected chi connectivity index (χ4v) is 3.70. The van der Waals surface area contributed by atoms with Gasteiger partial charge in [-0.25, -0.2) is 14.4 Å². The summed E-state index contributed by atoms with van der Waals surface area (Å²) in [5.41, 5.74) is -0.223. The van der Waals surface area contributed by atoms with Crippen LogP contribution in [0.5, 0.6) is 0 Å². The van der Waals surface area contributed by atoms with E-state index in [4.69, 9.17) is 9.47 Å². The molecule has 1 aliphatic rings. The number of ether oxygens (including phenoxy) is 2. The number of aliphatic hydroxyl groups excluding tert-OH is 1. The SMILES string of the molecule is CC(C)(C)OC(=O)c1cccc(CC(=O)[C@@H]2CC(O)CN2C(=O)OC(=O)c2ccc([N+](=O)[O-])cc2)c1. The zero-order valence-electron chi connectivity index (χ0n) is 20.0. The van der Waals surface area contributed by atoms with Crippen molar-refractivity contribution >= 4 is 29.5 Å². The first-order valence-corrected chi connectivity index (χ1v) is 11.1. The molecule has 0 radical (unpaired) electrons. The first-order valence-electron chi connectivity index (χ1n) is 11.1. The third-order valence-corrected chi connectivity index (χ3v) is 5.32. The Hall–Kier alpha value is -4.12. The van der Waals surface area contributed by atoms with Gasteiger partial charge < -0.3 is 14.6 Å². The zero-order chi connectivity index (χ0) is 26.6. The molecule has 1 amide bonds. The molecule has 0 spiro atoms. The molecule has 190 valence electrons. The lowest BCUT2D eigenvalue weighted by Crippen LogP contribution is -2.42. The van der Waals surface area contributed by atoms with Crippen LogP contribution in [-0.4, -0.2) is 63.0 Å². The number of β-amino-alcohol motifs (C(OH)–C–C–N with tert-alkyl or cyclic N) is 1. The molecule has 1 unspecified atom stereocenters. The van der Waals surface area contributed by atoms with Crippen LogP contribution in [0.2, 0.25) is 0 Å². The second-order valence-corrected chi connectivity index (χ2v) is 9.36. The molecular weight excluding hydrogens is 472 g/mol. The van der Waals surface area contributed by atoms with Crippen LogP contribution in [0.3, 0.4) is 0 Å². The van der Waals surface area contributed by atoms with Gasteiger partial charge in [0.1, 0.15) is 5.60 Å². The highest BCUT2D eigenvalue weighted by atomic mass is 16.6. The summed E-state index contributed by atoms with van der Waals surface area (Å²) in [5.74, 6) is -2.00. The number of aliphatic hydroxyl groups is 1. The third kappa shape index (κ3) is 6.72. The van der Waals surface area contributed by atoms with Crippen molar-refractivity contribution < 1.29 is 38.7 Å². The summed E-state index contributed by atoms with van der Waals surface area (Å²) in [6, 6.07) is 9.80. The first-order chi connectivity index (χ1) is 16.8. The van der Waals surface area contributed by atoms with Gasteiger partial charge >= 0.3 is 18.0 Å². The fourth-order valence-electron chi connectivity index (χ4n) is 3.70. The molecule has 36 heavy (non-hydrogen) atoms. The Morgan fingerprint density at radius 2 is 1.72 bits per heavy atom. The Labute approximate surface area is 206 Å². The van der Waals surface area contributed by atoms with Crippen LogP contribution in [0.1, 0.15) is 53.5 Å². The number of amides is 1. The molecule has 1 heterocycles. The maximum Gasteiger partial charge on any atom is 0.418 e. The summed E-state index contributed by atoms with van der Waals surface area (Å²) < 4.78 is 10.2. The topological polar surface area (TPSA) is 153 Å².